The van der Waals surface area contributed by atoms with E-state index in [2.05, 4.69) is 20.3 Å². The molecule has 0 unspecified atom stereocenters. The fraction of sp³-hybridized carbons (Fsp3) is 0.304. The highest BCUT2D eigenvalue weighted by Crippen LogP contribution is 2.31. The molecule has 1 amide bonds. The van der Waals surface area contributed by atoms with E-state index in [-0.39, 0.29) is 35.7 Å². The third-order valence-electron chi connectivity index (χ3n) is 5.62. The molecule has 1 saturated heterocycles. The summed E-state index contributed by atoms with van der Waals surface area (Å²) in [4.78, 5) is 26.2. The Kier molecular flexibility index (Phi) is 6.27. The summed E-state index contributed by atoms with van der Waals surface area (Å²) in [7, 11) is 0. The quantitative estimate of drug-likeness (QED) is 0.507. The second-order valence-electron chi connectivity index (χ2n) is 8.07. The highest BCUT2D eigenvalue weighted by molar-refractivity contribution is 5.89. The number of nitrogens with zero attached hydrogens (tertiary/aromatic N) is 4. The lowest BCUT2D eigenvalue weighted by Gasteiger charge is -2.22. The molecule has 4 rings (SSSR count). The molecular formula is C23H23F3N6O2. The molecule has 0 saturated carbocycles. The maximum atomic E-state index is 14.3. The number of carbonyl (C=O) groups excluding carboxylic acids is 1. The molecule has 1 aromatic carbocycles. The van der Waals surface area contributed by atoms with E-state index in [0.717, 1.165) is 6.07 Å². The van der Waals surface area contributed by atoms with E-state index in [4.69, 9.17) is 10.5 Å². The Hall–Kier alpha value is -3.89. The maximum Gasteiger partial charge on any atom is 0.416 e. The third-order valence-corrected chi connectivity index (χ3v) is 5.62. The molecule has 1 aliphatic heterocycles. The van der Waals surface area contributed by atoms with E-state index >= 15 is 0 Å². The Bertz CT molecular complexity index is 1240. The van der Waals surface area contributed by atoms with E-state index in [0.29, 0.717) is 16.8 Å². The molecule has 0 bridgehead atoms. The number of alkyl halides is 1. The van der Waals surface area contributed by atoms with Gasteiger partial charge in [0.2, 0.25) is 5.95 Å². The summed E-state index contributed by atoms with van der Waals surface area (Å²) in [6.45, 7) is 4.90. The molecule has 3 heterocycles. The van der Waals surface area contributed by atoms with Gasteiger partial charge in [0.25, 0.3) is 0 Å². The minimum atomic E-state index is -1.30. The monoisotopic (exact) mass is 472 g/mol. The van der Waals surface area contributed by atoms with Crippen molar-refractivity contribution >= 4 is 23.5 Å². The smallest absolute Gasteiger partial charge is 0.416 e. The first-order chi connectivity index (χ1) is 16.2. The zero-order chi connectivity index (χ0) is 24.6. The van der Waals surface area contributed by atoms with Gasteiger partial charge in [0.1, 0.15) is 36.3 Å². The normalized spacial score (nSPS) is 17.4. The number of aromatic nitrogens is 3. The average molecular weight is 472 g/mol. The molecule has 34 heavy (non-hydrogen) atoms. The Labute approximate surface area is 194 Å². The summed E-state index contributed by atoms with van der Waals surface area (Å²) in [5.74, 6) is -1.14. The van der Waals surface area contributed by atoms with Gasteiger partial charge in [-0.25, -0.2) is 22.9 Å². The largest absolute Gasteiger partial charge is 0.447 e. The lowest BCUT2D eigenvalue weighted by Crippen LogP contribution is -2.39. The molecule has 3 N–H and O–H groups in total. The number of cyclic esters (lactones) is 1. The summed E-state index contributed by atoms with van der Waals surface area (Å²) in [6, 6.07) is 4.10. The van der Waals surface area contributed by atoms with E-state index in [1.807, 2.05) is 6.92 Å². The summed E-state index contributed by atoms with van der Waals surface area (Å²) in [6.07, 6.45) is 0.966. The van der Waals surface area contributed by atoms with Gasteiger partial charge in [-0.1, -0.05) is 0 Å². The Balaban J connectivity index is 1.55. The molecule has 1 aliphatic rings. The van der Waals surface area contributed by atoms with Crippen LogP contribution in [0.25, 0.3) is 11.1 Å². The highest BCUT2D eigenvalue weighted by Gasteiger charge is 2.39. The van der Waals surface area contributed by atoms with Crippen LogP contribution >= 0.6 is 0 Å². The summed E-state index contributed by atoms with van der Waals surface area (Å²) in [5, 5.41) is 3.09. The minimum Gasteiger partial charge on any atom is -0.447 e. The minimum absolute atomic E-state index is 0.0600. The molecule has 11 heteroatoms. The average Bonchev–Trinajstić information content (AvgIpc) is 3.18. The van der Waals surface area contributed by atoms with Crippen molar-refractivity contribution in [2.75, 3.05) is 22.6 Å². The predicted molar refractivity (Wildman–Crippen MR) is 121 cm³/mol. The summed E-state index contributed by atoms with van der Waals surface area (Å²) < 4.78 is 46.7. The molecule has 0 radical (unpaired) electrons. The molecule has 0 aliphatic carbocycles. The fourth-order valence-corrected chi connectivity index (χ4v) is 3.73. The van der Waals surface area contributed by atoms with Crippen molar-refractivity contribution in [3.05, 3.63) is 59.6 Å². The first kappa shape index (κ1) is 23.3. The number of rotatable bonds is 6. The molecule has 1 fully saturated rings. The van der Waals surface area contributed by atoms with Crippen LogP contribution in [0.4, 0.5) is 35.4 Å². The van der Waals surface area contributed by atoms with Crippen molar-refractivity contribution < 1.29 is 22.7 Å². The van der Waals surface area contributed by atoms with E-state index in [9.17, 15) is 18.0 Å². The number of carbonyl (C=O) groups is 1. The highest BCUT2D eigenvalue weighted by atomic mass is 19.1. The summed E-state index contributed by atoms with van der Waals surface area (Å²) >= 11 is 0. The number of halogens is 3. The van der Waals surface area contributed by atoms with Crippen LogP contribution in [0.1, 0.15) is 31.1 Å². The van der Waals surface area contributed by atoms with E-state index in [1.54, 1.807) is 13.0 Å². The maximum absolute atomic E-state index is 14.3. The van der Waals surface area contributed by atoms with Crippen LogP contribution in [0.15, 0.2) is 36.7 Å². The van der Waals surface area contributed by atoms with Crippen LogP contribution in [0.2, 0.25) is 0 Å². The molecule has 178 valence electrons. The van der Waals surface area contributed by atoms with Gasteiger partial charge in [-0.2, -0.15) is 4.98 Å². The lowest BCUT2D eigenvalue weighted by atomic mass is 10.00. The van der Waals surface area contributed by atoms with Gasteiger partial charge in [-0.05, 0) is 44.5 Å². The van der Waals surface area contributed by atoms with Crippen LogP contribution in [0.5, 0.6) is 0 Å². The van der Waals surface area contributed by atoms with Crippen LogP contribution in [0.3, 0.4) is 0 Å². The molecule has 3 atom stereocenters. The number of anilines is 3. The first-order valence-corrected chi connectivity index (χ1v) is 10.6. The molecular weight excluding hydrogens is 449 g/mol. The second-order valence-corrected chi connectivity index (χ2v) is 8.07. The van der Waals surface area contributed by atoms with Gasteiger partial charge in [-0.15, -0.1) is 0 Å². The molecule has 8 nitrogen and oxygen atoms in total. The Morgan fingerprint density at radius 3 is 2.65 bits per heavy atom. The number of hydrogen-bond donors (Lipinski definition) is 2. The molecule has 0 spiro atoms. The number of hydrogen-bond acceptors (Lipinski definition) is 7. The zero-order valence-electron chi connectivity index (χ0n) is 18.7. The first-order valence-electron chi connectivity index (χ1n) is 10.6. The second kappa shape index (κ2) is 9.16. The van der Waals surface area contributed by atoms with Gasteiger partial charge in [0.05, 0.1) is 17.4 Å². The van der Waals surface area contributed by atoms with Crippen molar-refractivity contribution in [3.8, 4) is 11.1 Å². The Morgan fingerprint density at radius 1 is 1.18 bits per heavy atom. The topological polar surface area (TPSA) is 106 Å². The number of nitrogen functional groups attached to an aromatic ring is 1. The lowest BCUT2D eigenvalue weighted by molar-refractivity contribution is 0.174. The van der Waals surface area contributed by atoms with Crippen molar-refractivity contribution in [2.45, 2.75) is 39.0 Å². The molecule has 2 aromatic heterocycles. The predicted octanol–water partition coefficient (Wildman–Crippen LogP) is 4.56. The van der Waals surface area contributed by atoms with E-state index in [1.165, 1.54) is 36.4 Å². The van der Waals surface area contributed by atoms with Gasteiger partial charge >= 0.3 is 6.09 Å². The standard InChI is InChI=1S/C23H23F3N6O2/c1-11-6-19(29-9-15(11)14-7-18(27)17(26)8-16(14)25)13(3)30-22-28-5-4-21(31-22)32-20(12(2)24)10-34-23(32)33/h4-9,12-13,20H,10,27H2,1-3H3,(H,28,30,31)/t12-,13-,20+/m0/s1. The SMILES string of the molecule is Cc1cc([C@H](C)Nc2nccc(N3C(=O)OC[C@@H]3[C@H](C)F)n2)ncc1-c1cc(N)c(F)cc1F. The number of ether oxygens (including phenoxy) is 1. The number of nitrogens with two attached hydrogens (primary N) is 1. The van der Waals surface area contributed by atoms with Crippen LogP contribution in [0, 0.1) is 18.6 Å². The van der Waals surface area contributed by atoms with Gasteiger partial charge < -0.3 is 15.8 Å². The van der Waals surface area contributed by atoms with Gasteiger partial charge in [0, 0.05) is 29.6 Å². The van der Waals surface area contributed by atoms with Crippen LogP contribution in [-0.2, 0) is 4.74 Å². The van der Waals surface area contributed by atoms with Crippen LogP contribution in [-0.4, -0.2) is 39.9 Å². The zero-order valence-corrected chi connectivity index (χ0v) is 18.7. The van der Waals surface area contributed by atoms with Crippen molar-refractivity contribution in [2.24, 2.45) is 0 Å². The van der Waals surface area contributed by atoms with Gasteiger partial charge in [-0.3, -0.25) is 9.88 Å². The van der Waals surface area contributed by atoms with Crippen molar-refractivity contribution in [3.63, 3.8) is 0 Å². The number of nitrogens with one attached hydrogen (secondary N) is 1. The fourth-order valence-electron chi connectivity index (χ4n) is 3.73. The third kappa shape index (κ3) is 4.45. The number of amides is 1. The molecule has 3 aromatic rings. The number of pyridine rings is 1. The van der Waals surface area contributed by atoms with Gasteiger partial charge in [0.15, 0.2) is 0 Å². The van der Waals surface area contributed by atoms with E-state index < -0.39 is 29.9 Å². The number of aryl methyl sites for hydroxylation is 1. The Morgan fingerprint density at radius 2 is 1.94 bits per heavy atom. The van der Waals surface area contributed by atoms with Crippen LogP contribution < -0.4 is 16.0 Å². The summed E-state index contributed by atoms with van der Waals surface area (Å²) in [5.41, 5.74) is 7.39. The number of benzene rings is 1. The van der Waals surface area contributed by atoms with Crippen molar-refractivity contribution in [1.82, 2.24) is 15.0 Å². The van der Waals surface area contributed by atoms with Crippen molar-refractivity contribution in [1.29, 1.82) is 0 Å².